The third-order valence-corrected chi connectivity index (χ3v) is 8.67. The highest BCUT2D eigenvalue weighted by atomic mass is 31.2. The van der Waals surface area contributed by atoms with Crippen LogP contribution in [-0.4, -0.2) is 19.6 Å². The molecule has 6 nitrogen and oxygen atoms in total. The van der Waals surface area contributed by atoms with Crippen LogP contribution in [-0.2, 0) is 19.4 Å². The first-order valence-electron chi connectivity index (χ1n) is 7.61. The maximum Gasteiger partial charge on any atom is 0.335 e. The summed E-state index contributed by atoms with van der Waals surface area (Å²) in [5.74, 6) is 0. The van der Waals surface area contributed by atoms with E-state index in [1.54, 1.807) is 27.7 Å². The third kappa shape index (κ3) is 3.16. The van der Waals surface area contributed by atoms with Crippen molar-refractivity contribution < 1.29 is 28.7 Å². The first-order valence-corrected chi connectivity index (χ1v) is 10.8. The van der Waals surface area contributed by atoms with Gasteiger partial charge in [0.05, 0.1) is 10.3 Å². The Morgan fingerprint density at radius 3 is 0.875 bits per heavy atom. The van der Waals surface area contributed by atoms with Gasteiger partial charge >= 0.3 is 15.2 Å². The Labute approximate surface area is 143 Å². The predicted octanol–water partition coefficient (Wildman–Crippen LogP) is 3.75. The SMILES string of the molecule is Cc1c(C)c(C(C)(C)P(=O)(O)O)c(C)c(C)c1C(C)(C)P(=O)(O)O. The van der Waals surface area contributed by atoms with Crippen molar-refractivity contribution in [3.63, 3.8) is 0 Å². The first kappa shape index (κ1) is 21.6. The summed E-state index contributed by atoms with van der Waals surface area (Å²) < 4.78 is 24.0. The van der Waals surface area contributed by atoms with E-state index in [0.717, 1.165) is 0 Å². The van der Waals surface area contributed by atoms with Crippen LogP contribution in [0.25, 0.3) is 0 Å². The molecule has 1 aromatic rings. The number of benzene rings is 1. The quantitative estimate of drug-likeness (QED) is 0.593. The van der Waals surface area contributed by atoms with Gasteiger partial charge in [-0.15, -0.1) is 0 Å². The summed E-state index contributed by atoms with van der Waals surface area (Å²) in [6, 6.07) is 0. The largest absolute Gasteiger partial charge is 0.335 e. The van der Waals surface area contributed by atoms with E-state index in [2.05, 4.69) is 0 Å². The zero-order valence-corrected chi connectivity index (χ0v) is 17.3. The molecule has 0 amide bonds. The van der Waals surface area contributed by atoms with E-state index in [4.69, 9.17) is 0 Å². The van der Waals surface area contributed by atoms with Gasteiger partial charge in [0.2, 0.25) is 0 Å². The van der Waals surface area contributed by atoms with Crippen LogP contribution < -0.4 is 0 Å². The summed E-state index contributed by atoms with van der Waals surface area (Å²) in [5.41, 5.74) is 3.70. The lowest BCUT2D eigenvalue weighted by atomic mass is 9.80. The molecule has 138 valence electrons. The van der Waals surface area contributed by atoms with Crippen LogP contribution >= 0.6 is 15.2 Å². The average Bonchev–Trinajstić information content (AvgIpc) is 2.33. The zero-order valence-electron chi connectivity index (χ0n) is 15.5. The lowest BCUT2D eigenvalue weighted by Gasteiger charge is -2.36. The third-order valence-electron chi connectivity index (χ3n) is 5.31. The molecule has 0 aliphatic heterocycles. The van der Waals surface area contributed by atoms with Crippen LogP contribution in [0.5, 0.6) is 0 Å². The highest BCUT2D eigenvalue weighted by molar-refractivity contribution is 7.53. The Hall–Kier alpha value is -0.480. The molecule has 0 bridgehead atoms. The van der Waals surface area contributed by atoms with Crippen LogP contribution in [0.15, 0.2) is 0 Å². The van der Waals surface area contributed by atoms with Crippen molar-refractivity contribution in [3.8, 4) is 0 Å². The highest BCUT2D eigenvalue weighted by Crippen LogP contribution is 2.61. The summed E-state index contributed by atoms with van der Waals surface area (Å²) in [7, 11) is -8.85. The normalized spacial score (nSPS) is 14.2. The summed E-state index contributed by atoms with van der Waals surface area (Å²) in [6.07, 6.45) is 0. The second-order valence-electron chi connectivity index (χ2n) is 7.46. The standard InChI is InChI=1S/C16H28O6P2/c1-9-10(2)14(16(7,8)24(20,21)22)12(4)11(3)13(9)15(5,6)23(17,18)19/h1-8H3,(H2,17,18,19)(H2,20,21,22). The molecule has 0 atom stereocenters. The molecule has 0 spiro atoms. The van der Waals surface area contributed by atoms with E-state index in [9.17, 15) is 28.7 Å². The second kappa shape index (κ2) is 6.05. The van der Waals surface area contributed by atoms with Crippen molar-refractivity contribution >= 4 is 15.2 Å². The molecule has 0 unspecified atom stereocenters. The van der Waals surface area contributed by atoms with E-state index < -0.39 is 25.5 Å². The van der Waals surface area contributed by atoms with Crippen LogP contribution in [0.3, 0.4) is 0 Å². The van der Waals surface area contributed by atoms with Crippen LogP contribution in [0.1, 0.15) is 61.1 Å². The lowest BCUT2D eigenvalue weighted by molar-refractivity contribution is 0.334. The van der Waals surface area contributed by atoms with Gasteiger partial charge in [0, 0.05) is 0 Å². The van der Waals surface area contributed by atoms with Gasteiger partial charge in [-0.2, -0.15) is 0 Å². The molecule has 1 rings (SSSR count). The Morgan fingerprint density at radius 2 is 0.750 bits per heavy atom. The van der Waals surface area contributed by atoms with E-state index in [1.165, 1.54) is 27.7 Å². The molecule has 24 heavy (non-hydrogen) atoms. The van der Waals surface area contributed by atoms with Gasteiger partial charge in [0.15, 0.2) is 0 Å². The molecule has 0 aliphatic rings. The maximum atomic E-state index is 12.0. The summed E-state index contributed by atoms with van der Waals surface area (Å²) >= 11 is 0. The second-order valence-corrected chi connectivity index (χ2v) is 11.9. The van der Waals surface area contributed by atoms with Gasteiger partial charge in [-0.25, -0.2) is 0 Å². The first-order chi connectivity index (χ1) is 10.4. The van der Waals surface area contributed by atoms with Gasteiger partial charge in [-0.05, 0) is 88.8 Å². The van der Waals surface area contributed by atoms with Crippen molar-refractivity contribution in [2.75, 3.05) is 0 Å². The molecule has 8 heteroatoms. The lowest BCUT2D eigenvalue weighted by Crippen LogP contribution is -2.26. The Bertz CT molecular complexity index is 673. The van der Waals surface area contributed by atoms with Gasteiger partial charge in [0.25, 0.3) is 0 Å². The maximum absolute atomic E-state index is 12.0. The molecule has 0 aromatic heterocycles. The van der Waals surface area contributed by atoms with E-state index in [1.807, 2.05) is 0 Å². The van der Waals surface area contributed by atoms with Crippen molar-refractivity contribution in [2.24, 2.45) is 0 Å². The smallest absolute Gasteiger partial charge is 0.324 e. The molecular formula is C16H28O6P2. The summed E-state index contributed by atoms with van der Waals surface area (Å²) in [4.78, 5) is 39.1. The molecule has 0 aliphatic carbocycles. The molecule has 0 saturated heterocycles. The summed E-state index contributed by atoms with van der Waals surface area (Å²) in [5, 5.41) is -2.77. The molecule has 0 saturated carbocycles. The van der Waals surface area contributed by atoms with Crippen molar-refractivity contribution in [2.45, 2.75) is 65.7 Å². The van der Waals surface area contributed by atoms with Crippen molar-refractivity contribution in [1.29, 1.82) is 0 Å². The van der Waals surface area contributed by atoms with Gasteiger partial charge in [-0.1, -0.05) is 0 Å². The van der Waals surface area contributed by atoms with Gasteiger partial charge < -0.3 is 19.6 Å². The Morgan fingerprint density at radius 1 is 0.583 bits per heavy atom. The average molecular weight is 378 g/mol. The molecule has 0 radical (unpaired) electrons. The van der Waals surface area contributed by atoms with Crippen LogP contribution in [0.4, 0.5) is 0 Å². The van der Waals surface area contributed by atoms with E-state index >= 15 is 0 Å². The van der Waals surface area contributed by atoms with Crippen LogP contribution in [0.2, 0.25) is 0 Å². The minimum atomic E-state index is -4.43. The van der Waals surface area contributed by atoms with E-state index in [-0.39, 0.29) is 0 Å². The monoisotopic (exact) mass is 378 g/mol. The number of rotatable bonds is 4. The molecule has 1 aromatic carbocycles. The number of hydrogen-bond donors (Lipinski definition) is 4. The Balaban J connectivity index is 3.98. The van der Waals surface area contributed by atoms with Crippen LogP contribution in [0, 0.1) is 27.7 Å². The fraction of sp³-hybridized carbons (Fsp3) is 0.625. The fourth-order valence-electron chi connectivity index (χ4n) is 3.44. The minimum absolute atomic E-state index is 0.538. The van der Waals surface area contributed by atoms with Crippen molar-refractivity contribution in [1.82, 2.24) is 0 Å². The topological polar surface area (TPSA) is 115 Å². The van der Waals surface area contributed by atoms with E-state index in [0.29, 0.717) is 33.4 Å². The fourth-order valence-corrected chi connectivity index (χ4v) is 4.69. The van der Waals surface area contributed by atoms with Gasteiger partial charge in [0.1, 0.15) is 0 Å². The Kier molecular flexibility index (Phi) is 5.44. The van der Waals surface area contributed by atoms with Gasteiger partial charge in [-0.3, -0.25) is 9.13 Å². The molecule has 0 fully saturated rings. The summed E-state index contributed by atoms with van der Waals surface area (Å²) in [6.45, 7) is 13.0. The highest BCUT2D eigenvalue weighted by Gasteiger charge is 2.46. The number of hydrogen-bond acceptors (Lipinski definition) is 2. The predicted molar refractivity (Wildman–Crippen MR) is 95.5 cm³/mol. The zero-order chi connectivity index (χ0) is 19.5. The molecule has 0 heterocycles. The molecular weight excluding hydrogens is 350 g/mol. The van der Waals surface area contributed by atoms with Crippen molar-refractivity contribution in [3.05, 3.63) is 33.4 Å². The minimum Gasteiger partial charge on any atom is -0.324 e. The molecule has 4 N–H and O–H groups in total.